The summed E-state index contributed by atoms with van der Waals surface area (Å²) in [6.07, 6.45) is 1.25. The zero-order valence-electron chi connectivity index (χ0n) is 16.9. The number of hydrogen-bond donors (Lipinski definition) is 1. The largest absolute Gasteiger partial charge is 0.496 e. The molecule has 2 aliphatic heterocycles. The van der Waals surface area contributed by atoms with Gasteiger partial charge in [0.25, 0.3) is 0 Å². The standard InChI is InChI=1S/C21H24N2O6S/c1-14-10-17(6-8-18(14)27-2)30(25,26)23-9-3-4-15(12-23)21(24)22-16-5-7-19-20(11-16)29-13-28-19/h5-8,10-11,15H,3-4,9,12-13H2,1-2H3,(H,22,24)/t15-/m1/s1. The van der Waals surface area contributed by atoms with E-state index in [0.717, 1.165) is 5.56 Å². The number of anilines is 1. The van der Waals surface area contributed by atoms with Crippen LogP contribution < -0.4 is 19.5 Å². The first-order valence-electron chi connectivity index (χ1n) is 9.74. The van der Waals surface area contributed by atoms with Gasteiger partial charge in [0.2, 0.25) is 22.7 Å². The third-order valence-electron chi connectivity index (χ3n) is 5.40. The minimum atomic E-state index is -3.70. The molecule has 1 saturated heterocycles. The maximum absolute atomic E-state index is 13.1. The number of sulfonamides is 1. The smallest absolute Gasteiger partial charge is 0.243 e. The molecule has 1 atom stereocenters. The molecule has 9 heteroatoms. The monoisotopic (exact) mass is 432 g/mol. The lowest BCUT2D eigenvalue weighted by Crippen LogP contribution is -2.43. The molecule has 1 amide bonds. The van der Waals surface area contributed by atoms with Gasteiger partial charge in [-0.05, 0) is 55.7 Å². The molecule has 0 spiro atoms. The maximum atomic E-state index is 13.1. The average molecular weight is 432 g/mol. The molecule has 0 aromatic heterocycles. The van der Waals surface area contributed by atoms with Crippen LogP contribution in [-0.4, -0.2) is 45.6 Å². The van der Waals surface area contributed by atoms with Gasteiger partial charge >= 0.3 is 0 Å². The molecule has 30 heavy (non-hydrogen) atoms. The zero-order valence-corrected chi connectivity index (χ0v) is 17.7. The van der Waals surface area contributed by atoms with Crippen molar-refractivity contribution in [3.63, 3.8) is 0 Å². The van der Waals surface area contributed by atoms with Crippen molar-refractivity contribution in [2.75, 3.05) is 32.3 Å². The van der Waals surface area contributed by atoms with Gasteiger partial charge in [-0.1, -0.05) is 0 Å². The topological polar surface area (TPSA) is 94.2 Å². The first-order valence-corrected chi connectivity index (χ1v) is 11.2. The first-order chi connectivity index (χ1) is 14.4. The van der Waals surface area contributed by atoms with Gasteiger partial charge in [0.05, 0.1) is 17.9 Å². The van der Waals surface area contributed by atoms with E-state index in [1.54, 1.807) is 44.4 Å². The second kappa shape index (κ2) is 8.16. The Bertz CT molecular complexity index is 1070. The second-order valence-electron chi connectivity index (χ2n) is 7.39. The third-order valence-corrected chi connectivity index (χ3v) is 7.26. The van der Waals surface area contributed by atoms with Crippen LogP contribution in [-0.2, 0) is 14.8 Å². The molecule has 1 N–H and O–H groups in total. The number of nitrogens with zero attached hydrogens (tertiary/aromatic N) is 1. The molecule has 1 fully saturated rings. The molecule has 0 unspecified atom stereocenters. The number of piperidine rings is 1. The number of fused-ring (bicyclic) bond motifs is 1. The molecule has 0 bridgehead atoms. The predicted molar refractivity (Wildman–Crippen MR) is 110 cm³/mol. The molecule has 2 aromatic carbocycles. The number of hydrogen-bond acceptors (Lipinski definition) is 6. The Kier molecular flexibility index (Phi) is 5.57. The lowest BCUT2D eigenvalue weighted by atomic mass is 9.98. The number of benzene rings is 2. The van der Waals surface area contributed by atoms with Gasteiger partial charge in [-0.15, -0.1) is 0 Å². The number of rotatable bonds is 5. The molecule has 8 nitrogen and oxygen atoms in total. The van der Waals surface area contributed by atoms with E-state index < -0.39 is 15.9 Å². The summed E-state index contributed by atoms with van der Waals surface area (Å²) < 4.78 is 43.4. The number of carbonyl (C=O) groups excluding carboxylic acids is 1. The van der Waals surface area contributed by atoms with Crippen molar-refractivity contribution in [3.8, 4) is 17.2 Å². The molecular weight excluding hydrogens is 408 g/mol. The van der Waals surface area contributed by atoms with Gasteiger partial charge in [-0.2, -0.15) is 4.31 Å². The maximum Gasteiger partial charge on any atom is 0.243 e. The highest BCUT2D eigenvalue weighted by Gasteiger charge is 2.33. The van der Waals surface area contributed by atoms with Crippen molar-refractivity contribution in [1.29, 1.82) is 0 Å². The molecule has 2 aliphatic rings. The van der Waals surface area contributed by atoms with Crippen molar-refractivity contribution in [2.45, 2.75) is 24.7 Å². The van der Waals surface area contributed by atoms with Crippen molar-refractivity contribution in [1.82, 2.24) is 4.31 Å². The third kappa shape index (κ3) is 3.95. The van der Waals surface area contributed by atoms with Gasteiger partial charge in [0.1, 0.15) is 5.75 Å². The first kappa shape index (κ1) is 20.5. The number of nitrogens with one attached hydrogen (secondary N) is 1. The summed E-state index contributed by atoms with van der Waals surface area (Å²) >= 11 is 0. The zero-order chi connectivity index (χ0) is 21.3. The summed E-state index contributed by atoms with van der Waals surface area (Å²) in [5, 5.41) is 2.86. The van der Waals surface area contributed by atoms with E-state index in [0.29, 0.717) is 42.3 Å². The minimum Gasteiger partial charge on any atom is -0.496 e. The molecule has 0 aliphatic carbocycles. The van der Waals surface area contributed by atoms with Crippen molar-refractivity contribution in [3.05, 3.63) is 42.0 Å². The van der Waals surface area contributed by atoms with Crippen LogP contribution in [0.5, 0.6) is 17.2 Å². The van der Waals surface area contributed by atoms with Gasteiger partial charge in [0, 0.05) is 24.8 Å². The van der Waals surface area contributed by atoms with E-state index in [4.69, 9.17) is 14.2 Å². The van der Waals surface area contributed by atoms with Gasteiger partial charge in [0.15, 0.2) is 11.5 Å². The van der Waals surface area contributed by atoms with Gasteiger partial charge in [-0.3, -0.25) is 4.79 Å². The summed E-state index contributed by atoms with van der Waals surface area (Å²) in [5.41, 5.74) is 1.34. The van der Waals surface area contributed by atoms with Gasteiger partial charge in [-0.25, -0.2) is 8.42 Å². The molecule has 0 saturated carbocycles. The Hall–Kier alpha value is -2.78. The van der Waals surface area contributed by atoms with Crippen molar-refractivity contribution >= 4 is 21.6 Å². The molecule has 160 valence electrons. The average Bonchev–Trinajstić information content (AvgIpc) is 3.21. The Morgan fingerprint density at radius 3 is 2.73 bits per heavy atom. The Labute approximate surface area is 175 Å². The van der Waals surface area contributed by atoms with Gasteiger partial charge < -0.3 is 19.5 Å². The Morgan fingerprint density at radius 2 is 1.97 bits per heavy atom. The molecule has 2 heterocycles. The summed E-state index contributed by atoms with van der Waals surface area (Å²) in [6, 6.07) is 9.97. The van der Waals surface area contributed by atoms with Crippen LogP contribution in [0.1, 0.15) is 18.4 Å². The van der Waals surface area contributed by atoms with Crippen LogP contribution in [0.4, 0.5) is 5.69 Å². The van der Waals surface area contributed by atoms with Crippen LogP contribution in [0, 0.1) is 12.8 Å². The van der Waals surface area contributed by atoms with Crippen LogP contribution in [0.25, 0.3) is 0 Å². The summed E-state index contributed by atoms with van der Waals surface area (Å²) in [5.74, 6) is 1.21. The Morgan fingerprint density at radius 1 is 1.17 bits per heavy atom. The molecular formula is C21H24N2O6S. The van der Waals surface area contributed by atoms with E-state index in [9.17, 15) is 13.2 Å². The van der Waals surface area contributed by atoms with E-state index in [1.165, 1.54) is 10.4 Å². The number of amides is 1. The predicted octanol–water partition coefficient (Wildman–Crippen LogP) is 2.77. The van der Waals surface area contributed by atoms with E-state index in [-0.39, 0.29) is 24.1 Å². The van der Waals surface area contributed by atoms with Crippen LogP contribution in [0.15, 0.2) is 41.3 Å². The summed E-state index contributed by atoms with van der Waals surface area (Å²) in [6.45, 7) is 2.49. The highest BCUT2D eigenvalue weighted by atomic mass is 32.2. The van der Waals surface area contributed by atoms with E-state index in [1.807, 2.05) is 0 Å². The summed E-state index contributed by atoms with van der Waals surface area (Å²) in [7, 11) is -2.15. The number of methoxy groups -OCH3 is 1. The number of carbonyl (C=O) groups is 1. The lowest BCUT2D eigenvalue weighted by molar-refractivity contribution is -0.120. The number of ether oxygens (including phenoxy) is 3. The van der Waals surface area contributed by atoms with Crippen LogP contribution in [0.2, 0.25) is 0 Å². The van der Waals surface area contributed by atoms with Crippen LogP contribution in [0.3, 0.4) is 0 Å². The molecule has 4 rings (SSSR count). The van der Waals surface area contributed by atoms with Crippen LogP contribution >= 0.6 is 0 Å². The normalized spacial score (nSPS) is 18.8. The van der Waals surface area contributed by atoms with E-state index >= 15 is 0 Å². The van der Waals surface area contributed by atoms with Crippen molar-refractivity contribution < 1.29 is 27.4 Å². The lowest BCUT2D eigenvalue weighted by Gasteiger charge is -2.31. The fourth-order valence-electron chi connectivity index (χ4n) is 3.75. The van der Waals surface area contributed by atoms with E-state index in [2.05, 4.69) is 5.32 Å². The fourth-order valence-corrected chi connectivity index (χ4v) is 5.36. The highest BCUT2D eigenvalue weighted by Crippen LogP contribution is 2.34. The highest BCUT2D eigenvalue weighted by molar-refractivity contribution is 7.89. The fraction of sp³-hybridized carbons (Fsp3) is 0.381. The quantitative estimate of drug-likeness (QED) is 0.781. The van der Waals surface area contributed by atoms with Crippen molar-refractivity contribution in [2.24, 2.45) is 5.92 Å². The summed E-state index contributed by atoms with van der Waals surface area (Å²) in [4.78, 5) is 13.0. The number of aryl methyl sites for hydroxylation is 1. The minimum absolute atomic E-state index is 0.143. The second-order valence-corrected chi connectivity index (χ2v) is 9.33. The Balaban J connectivity index is 1.47. The SMILES string of the molecule is COc1ccc(S(=O)(=O)N2CCC[C@@H](C(=O)Nc3ccc4c(c3)OCO4)C2)cc1C. The molecule has 0 radical (unpaired) electrons. The molecule has 2 aromatic rings.